The number of carbonyl (C=O) groups excluding carboxylic acids is 2. The quantitative estimate of drug-likeness (QED) is 0.246. The van der Waals surface area contributed by atoms with E-state index in [0.717, 1.165) is 44.9 Å². The number of allylic oxidation sites excluding steroid dienone is 2. The number of rotatable bonds is 16. The van der Waals surface area contributed by atoms with Gasteiger partial charge < -0.3 is 10.6 Å². The molecule has 1 aliphatic rings. The van der Waals surface area contributed by atoms with E-state index in [1.54, 1.807) is 12.2 Å². The van der Waals surface area contributed by atoms with E-state index < -0.39 is 0 Å². The van der Waals surface area contributed by atoms with Gasteiger partial charge in [-0.1, -0.05) is 77.4 Å². The first-order chi connectivity index (χ1) is 14.2. The first-order valence-electron chi connectivity index (χ1n) is 12.1. The maximum atomic E-state index is 12.0. The highest BCUT2D eigenvalue weighted by Gasteiger charge is 2.26. The average Bonchev–Trinajstić information content (AvgIpc) is 3.13. The Morgan fingerprint density at radius 3 is 1.52 bits per heavy atom. The van der Waals surface area contributed by atoms with E-state index in [4.69, 9.17) is 0 Å². The molecule has 29 heavy (non-hydrogen) atoms. The van der Waals surface area contributed by atoms with Gasteiger partial charge in [-0.3, -0.25) is 9.59 Å². The molecule has 0 aromatic carbocycles. The Morgan fingerprint density at radius 2 is 1.10 bits per heavy atom. The van der Waals surface area contributed by atoms with Crippen LogP contribution < -0.4 is 10.6 Å². The number of carbonyl (C=O) groups is 2. The molecule has 0 aromatic heterocycles. The van der Waals surface area contributed by atoms with Gasteiger partial charge in [0.05, 0.1) is 0 Å². The Kier molecular flexibility index (Phi) is 15.2. The highest BCUT2D eigenvalue weighted by atomic mass is 16.2. The summed E-state index contributed by atoms with van der Waals surface area (Å²) in [6.45, 7) is 4.44. The molecule has 0 aromatic rings. The number of nitrogens with one attached hydrogen (secondary N) is 2. The van der Waals surface area contributed by atoms with E-state index in [0.29, 0.717) is 0 Å². The van der Waals surface area contributed by atoms with Crippen molar-refractivity contribution in [1.29, 1.82) is 0 Å². The van der Waals surface area contributed by atoms with Gasteiger partial charge in [-0.15, -0.1) is 0 Å². The van der Waals surface area contributed by atoms with Crippen LogP contribution in [0.15, 0.2) is 24.3 Å². The van der Waals surface area contributed by atoms with Crippen LogP contribution in [0.2, 0.25) is 0 Å². The lowest BCUT2D eigenvalue weighted by Crippen LogP contribution is -2.36. The summed E-state index contributed by atoms with van der Waals surface area (Å²) in [4.78, 5) is 24.1. The van der Waals surface area contributed by atoms with Crippen molar-refractivity contribution in [3.63, 3.8) is 0 Å². The molecule has 0 heterocycles. The van der Waals surface area contributed by atoms with Crippen LogP contribution in [0.5, 0.6) is 0 Å². The SMILES string of the molecule is CCCCCCC/C=C/C(=O)N[C@@H]1CC[C@H](NC(=O)/C=C/CCCCCCC)C1. The van der Waals surface area contributed by atoms with Gasteiger partial charge in [0.15, 0.2) is 0 Å². The molecule has 166 valence electrons. The molecule has 1 fully saturated rings. The van der Waals surface area contributed by atoms with Crippen molar-refractivity contribution in [3.8, 4) is 0 Å². The second-order valence-corrected chi connectivity index (χ2v) is 8.43. The van der Waals surface area contributed by atoms with E-state index in [9.17, 15) is 9.59 Å². The Hall–Kier alpha value is -1.58. The minimum absolute atomic E-state index is 0.00139. The summed E-state index contributed by atoms with van der Waals surface area (Å²) in [6.07, 6.45) is 24.5. The standard InChI is InChI=1S/C25H44N2O2/c1-3-5-7-9-11-13-15-17-24(28)26-22-19-20-23(21-22)27-25(29)18-16-14-12-10-8-6-4-2/h15-18,22-23H,3-14,19-21H2,1-2H3,(H,26,28)(H,27,29)/b17-15+,18-16+/t22-,23+. The molecule has 0 spiro atoms. The van der Waals surface area contributed by atoms with Crippen LogP contribution in [0, 0.1) is 0 Å². The summed E-state index contributed by atoms with van der Waals surface area (Å²) in [6, 6.07) is 0.342. The molecule has 1 aliphatic carbocycles. The maximum Gasteiger partial charge on any atom is 0.243 e. The maximum absolute atomic E-state index is 12.0. The topological polar surface area (TPSA) is 58.2 Å². The molecule has 4 heteroatoms. The summed E-state index contributed by atoms with van der Waals surface area (Å²) in [5, 5.41) is 6.15. The lowest BCUT2D eigenvalue weighted by Gasteiger charge is -2.13. The fourth-order valence-electron chi connectivity index (χ4n) is 3.85. The minimum Gasteiger partial charge on any atom is -0.350 e. The monoisotopic (exact) mass is 404 g/mol. The van der Waals surface area contributed by atoms with Gasteiger partial charge >= 0.3 is 0 Å². The van der Waals surface area contributed by atoms with E-state index in [-0.39, 0.29) is 23.9 Å². The third-order valence-electron chi connectivity index (χ3n) is 5.61. The predicted molar refractivity (Wildman–Crippen MR) is 123 cm³/mol. The zero-order chi connectivity index (χ0) is 21.2. The Bertz CT molecular complexity index is 455. The van der Waals surface area contributed by atoms with Crippen molar-refractivity contribution < 1.29 is 9.59 Å². The Labute approximate surface area is 179 Å². The molecular formula is C25H44N2O2. The average molecular weight is 405 g/mol. The second-order valence-electron chi connectivity index (χ2n) is 8.43. The summed E-state index contributed by atoms with van der Waals surface area (Å²) >= 11 is 0. The predicted octanol–water partition coefficient (Wildman–Crippen LogP) is 5.97. The molecule has 0 bridgehead atoms. The zero-order valence-corrected chi connectivity index (χ0v) is 18.9. The van der Waals surface area contributed by atoms with Crippen LogP contribution in [-0.2, 0) is 9.59 Å². The molecule has 0 radical (unpaired) electrons. The molecule has 0 aliphatic heterocycles. The number of hydrogen-bond donors (Lipinski definition) is 2. The number of hydrogen-bond acceptors (Lipinski definition) is 2. The van der Waals surface area contributed by atoms with E-state index in [2.05, 4.69) is 24.5 Å². The van der Waals surface area contributed by atoms with Crippen molar-refractivity contribution in [3.05, 3.63) is 24.3 Å². The molecule has 1 rings (SSSR count). The summed E-state index contributed by atoms with van der Waals surface area (Å²) < 4.78 is 0. The molecule has 2 amide bonds. The van der Waals surface area contributed by atoms with Crippen molar-refractivity contribution in [1.82, 2.24) is 10.6 Å². The Balaban J connectivity index is 2.10. The van der Waals surface area contributed by atoms with Crippen molar-refractivity contribution >= 4 is 11.8 Å². The third kappa shape index (κ3) is 14.1. The number of amides is 2. The largest absolute Gasteiger partial charge is 0.350 e. The minimum atomic E-state index is -0.00139. The molecule has 2 N–H and O–H groups in total. The van der Waals surface area contributed by atoms with Crippen LogP contribution in [0.25, 0.3) is 0 Å². The van der Waals surface area contributed by atoms with Gasteiger partial charge in [0.1, 0.15) is 0 Å². The van der Waals surface area contributed by atoms with Crippen LogP contribution in [0.4, 0.5) is 0 Å². The van der Waals surface area contributed by atoms with Crippen LogP contribution >= 0.6 is 0 Å². The van der Waals surface area contributed by atoms with E-state index in [1.165, 1.54) is 51.4 Å². The van der Waals surface area contributed by atoms with Crippen LogP contribution in [0.3, 0.4) is 0 Å². The normalized spacial score (nSPS) is 19.2. The lowest BCUT2D eigenvalue weighted by atomic mass is 10.1. The first-order valence-corrected chi connectivity index (χ1v) is 12.1. The van der Waals surface area contributed by atoms with Gasteiger partial charge in [-0.25, -0.2) is 0 Å². The fraction of sp³-hybridized carbons (Fsp3) is 0.760. The Morgan fingerprint density at radius 1 is 0.690 bits per heavy atom. The highest BCUT2D eigenvalue weighted by molar-refractivity contribution is 5.88. The zero-order valence-electron chi connectivity index (χ0n) is 18.9. The molecule has 0 saturated heterocycles. The summed E-state index contributed by atoms with van der Waals surface area (Å²) in [5.41, 5.74) is 0. The summed E-state index contributed by atoms with van der Waals surface area (Å²) in [7, 11) is 0. The highest BCUT2D eigenvalue weighted by Crippen LogP contribution is 2.19. The number of unbranched alkanes of at least 4 members (excludes halogenated alkanes) is 10. The first kappa shape index (κ1) is 25.5. The van der Waals surface area contributed by atoms with Gasteiger partial charge in [0.2, 0.25) is 11.8 Å². The fourth-order valence-corrected chi connectivity index (χ4v) is 3.85. The molecular weight excluding hydrogens is 360 g/mol. The molecule has 0 unspecified atom stereocenters. The van der Waals surface area contributed by atoms with Gasteiger partial charge in [0.25, 0.3) is 0 Å². The van der Waals surface area contributed by atoms with Crippen LogP contribution in [0.1, 0.15) is 110 Å². The van der Waals surface area contributed by atoms with Crippen molar-refractivity contribution in [2.24, 2.45) is 0 Å². The second kappa shape index (κ2) is 17.3. The van der Waals surface area contributed by atoms with Crippen LogP contribution in [-0.4, -0.2) is 23.9 Å². The van der Waals surface area contributed by atoms with E-state index >= 15 is 0 Å². The molecule has 1 saturated carbocycles. The smallest absolute Gasteiger partial charge is 0.243 e. The van der Waals surface area contributed by atoms with Gasteiger partial charge in [-0.05, 0) is 57.1 Å². The molecule has 2 atom stereocenters. The van der Waals surface area contributed by atoms with Crippen molar-refractivity contribution in [2.45, 2.75) is 122 Å². The molecule has 4 nitrogen and oxygen atoms in total. The van der Waals surface area contributed by atoms with Gasteiger partial charge in [-0.2, -0.15) is 0 Å². The van der Waals surface area contributed by atoms with E-state index in [1.807, 2.05) is 12.2 Å². The summed E-state index contributed by atoms with van der Waals surface area (Å²) in [5.74, 6) is -0.00277. The van der Waals surface area contributed by atoms with Crippen molar-refractivity contribution in [2.75, 3.05) is 0 Å². The van der Waals surface area contributed by atoms with Gasteiger partial charge in [0, 0.05) is 12.1 Å². The lowest BCUT2D eigenvalue weighted by molar-refractivity contribution is -0.117. The third-order valence-corrected chi connectivity index (χ3v) is 5.61.